The van der Waals surface area contributed by atoms with E-state index in [1.165, 1.54) is 0 Å². The molecule has 0 aliphatic rings. The number of carboxylic acid groups (broad SMARTS) is 1. The van der Waals surface area contributed by atoms with Crippen LogP contribution >= 0.6 is 0 Å². The molecule has 1 unspecified atom stereocenters. The summed E-state index contributed by atoms with van der Waals surface area (Å²) in [6.07, 6.45) is 1.20. The second-order valence-electron chi connectivity index (χ2n) is 5.66. The summed E-state index contributed by atoms with van der Waals surface area (Å²) in [5, 5.41) is 11.7. The number of nitrogens with one attached hydrogen (secondary N) is 1. The van der Waals surface area contributed by atoms with E-state index in [0.717, 1.165) is 23.3 Å². The highest BCUT2D eigenvalue weighted by Crippen LogP contribution is 2.18. The quantitative estimate of drug-likeness (QED) is 0.852. The minimum atomic E-state index is -0.817. The molecule has 23 heavy (non-hydrogen) atoms. The first kappa shape index (κ1) is 16.8. The Morgan fingerprint density at radius 2 is 1.91 bits per heavy atom. The van der Waals surface area contributed by atoms with E-state index < -0.39 is 11.9 Å². The zero-order valence-electron chi connectivity index (χ0n) is 13.6. The molecule has 0 bridgehead atoms. The van der Waals surface area contributed by atoms with Gasteiger partial charge in [-0.3, -0.25) is 9.59 Å². The number of aryl methyl sites for hydroxylation is 2. The summed E-state index contributed by atoms with van der Waals surface area (Å²) in [6, 6.07) is 8.90. The van der Waals surface area contributed by atoms with E-state index in [1.807, 2.05) is 26.0 Å². The third kappa shape index (κ3) is 4.22. The number of hydrogen-bond acceptors (Lipinski definition) is 3. The van der Waals surface area contributed by atoms with E-state index in [0.29, 0.717) is 17.9 Å². The standard InChI is InChI=1S/C18H21NO4/c1-4-15-11(2)10-16(23-15)17(20)19-14-7-5-13(6-8-14)9-12(3)18(21)22/h5-8,10,12H,4,9H2,1-3H3,(H,19,20)(H,21,22). The fourth-order valence-electron chi connectivity index (χ4n) is 2.34. The van der Waals surface area contributed by atoms with Crippen LogP contribution in [0.2, 0.25) is 0 Å². The number of carboxylic acids is 1. The van der Waals surface area contributed by atoms with Crippen LogP contribution in [0.4, 0.5) is 5.69 Å². The summed E-state index contributed by atoms with van der Waals surface area (Å²) in [5.74, 6) is -0.438. The lowest BCUT2D eigenvalue weighted by atomic mass is 10.0. The van der Waals surface area contributed by atoms with Crippen LogP contribution in [0.25, 0.3) is 0 Å². The van der Waals surface area contributed by atoms with E-state index in [4.69, 9.17) is 9.52 Å². The predicted molar refractivity (Wildman–Crippen MR) is 87.7 cm³/mol. The molecule has 122 valence electrons. The van der Waals surface area contributed by atoms with Crippen LogP contribution in [0.1, 0.15) is 41.3 Å². The molecule has 0 spiro atoms. The molecule has 0 radical (unpaired) electrons. The molecule has 0 saturated heterocycles. The molecule has 5 heteroatoms. The topological polar surface area (TPSA) is 79.5 Å². The van der Waals surface area contributed by atoms with Gasteiger partial charge in [-0.1, -0.05) is 26.0 Å². The molecule has 0 aliphatic carbocycles. The van der Waals surface area contributed by atoms with Gasteiger partial charge in [-0.25, -0.2) is 0 Å². The number of benzene rings is 1. The molecule has 1 aromatic carbocycles. The van der Waals surface area contributed by atoms with Crippen molar-refractivity contribution in [1.29, 1.82) is 0 Å². The van der Waals surface area contributed by atoms with E-state index in [-0.39, 0.29) is 5.91 Å². The molecule has 1 amide bonds. The summed E-state index contributed by atoms with van der Waals surface area (Å²) in [5.41, 5.74) is 2.53. The van der Waals surface area contributed by atoms with Crippen LogP contribution in [0.3, 0.4) is 0 Å². The largest absolute Gasteiger partial charge is 0.481 e. The van der Waals surface area contributed by atoms with Crippen molar-refractivity contribution >= 4 is 17.6 Å². The number of hydrogen-bond donors (Lipinski definition) is 2. The monoisotopic (exact) mass is 315 g/mol. The van der Waals surface area contributed by atoms with Gasteiger partial charge in [0.05, 0.1) is 5.92 Å². The van der Waals surface area contributed by atoms with Crippen LogP contribution in [-0.2, 0) is 17.6 Å². The summed E-state index contributed by atoms with van der Waals surface area (Å²) in [4.78, 5) is 23.0. The third-order valence-corrected chi connectivity index (χ3v) is 3.74. The Balaban J connectivity index is 2.02. The van der Waals surface area contributed by atoms with Crippen LogP contribution < -0.4 is 5.32 Å². The van der Waals surface area contributed by atoms with E-state index in [2.05, 4.69) is 5.32 Å². The molecular weight excluding hydrogens is 294 g/mol. The lowest BCUT2D eigenvalue weighted by Gasteiger charge is -2.08. The first-order chi connectivity index (χ1) is 10.9. The molecular formula is C18H21NO4. The van der Waals surface area contributed by atoms with Crippen LogP contribution in [0.5, 0.6) is 0 Å². The Kier molecular flexibility index (Phi) is 5.21. The van der Waals surface area contributed by atoms with Gasteiger partial charge in [-0.15, -0.1) is 0 Å². The Labute approximate surface area is 135 Å². The Morgan fingerprint density at radius 3 is 2.43 bits per heavy atom. The van der Waals surface area contributed by atoms with Crippen molar-refractivity contribution in [2.24, 2.45) is 5.92 Å². The van der Waals surface area contributed by atoms with Gasteiger partial charge in [-0.05, 0) is 42.7 Å². The number of furan rings is 1. The van der Waals surface area contributed by atoms with E-state index in [9.17, 15) is 9.59 Å². The first-order valence-corrected chi connectivity index (χ1v) is 7.63. The average molecular weight is 315 g/mol. The molecule has 1 aromatic heterocycles. The zero-order valence-corrected chi connectivity index (χ0v) is 13.6. The van der Waals surface area contributed by atoms with Gasteiger partial charge in [0.15, 0.2) is 5.76 Å². The number of carbonyl (C=O) groups excluding carboxylic acids is 1. The SMILES string of the molecule is CCc1oc(C(=O)Nc2ccc(CC(C)C(=O)O)cc2)cc1C. The van der Waals surface area contributed by atoms with Crippen molar-refractivity contribution in [3.63, 3.8) is 0 Å². The summed E-state index contributed by atoms with van der Waals surface area (Å²) >= 11 is 0. The van der Waals surface area contributed by atoms with Crippen LogP contribution in [0.15, 0.2) is 34.7 Å². The maximum atomic E-state index is 12.2. The number of anilines is 1. The maximum Gasteiger partial charge on any atom is 0.306 e. The van der Waals surface area contributed by atoms with E-state index >= 15 is 0 Å². The molecule has 0 aliphatic heterocycles. The fraction of sp³-hybridized carbons (Fsp3) is 0.333. The third-order valence-electron chi connectivity index (χ3n) is 3.74. The molecule has 2 aromatic rings. The van der Waals surface area contributed by atoms with Gasteiger partial charge < -0.3 is 14.8 Å². The second-order valence-corrected chi connectivity index (χ2v) is 5.66. The molecule has 0 saturated carbocycles. The highest BCUT2D eigenvalue weighted by Gasteiger charge is 2.14. The van der Waals surface area contributed by atoms with Crippen molar-refractivity contribution in [2.45, 2.75) is 33.6 Å². The van der Waals surface area contributed by atoms with Gasteiger partial charge in [-0.2, -0.15) is 0 Å². The average Bonchev–Trinajstić information content (AvgIpc) is 2.90. The highest BCUT2D eigenvalue weighted by molar-refractivity contribution is 6.02. The summed E-state index contributed by atoms with van der Waals surface area (Å²) < 4.78 is 5.52. The molecule has 1 heterocycles. The Hall–Kier alpha value is -2.56. The summed E-state index contributed by atoms with van der Waals surface area (Å²) in [6.45, 7) is 5.56. The van der Waals surface area contributed by atoms with Gasteiger partial charge in [0.1, 0.15) is 5.76 Å². The van der Waals surface area contributed by atoms with Gasteiger partial charge in [0.2, 0.25) is 0 Å². The predicted octanol–water partition coefficient (Wildman–Crippen LogP) is 3.67. The van der Waals surface area contributed by atoms with Gasteiger partial charge in [0.25, 0.3) is 5.91 Å². The first-order valence-electron chi connectivity index (χ1n) is 7.63. The highest BCUT2D eigenvalue weighted by atomic mass is 16.4. The van der Waals surface area contributed by atoms with Crippen molar-refractivity contribution in [3.8, 4) is 0 Å². The number of amides is 1. The number of aliphatic carboxylic acids is 1. The Morgan fingerprint density at radius 1 is 1.26 bits per heavy atom. The molecule has 2 N–H and O–H groups in total. The van der Waals surface area contributed by atoms with Crippen LogP contribution in [-0.4, -0.2) is 17.0 Å². The normalized spacial score (nSPS) is 12.0. The van der Waals surface area contributed by atoms with E-state index in [1.54, 1.807) is 25.1 Å². The molecule has 1 atom stereocenters. The smallest absolute Gasteiger partial charge is 0.306 e. The van der Waals surface area contributed by atoms with Gasteiger partial charge in [0, 0.05) is 12.1 Å². The minimum absolute atomic E-state index is 0.292. The van der Waals surface area contributed by atoms with Crippen molar-refractivity contribution in [2.75, 3.05) is 5.32 Å². The van der Waals surface area contributed by atoms with Crippen LogP contribution in [0, 0.1) is 12.8 Å². The second kappa shape index (κ2) is 7.13. The number of rotatable bonds is 6. The van der Waals surface area contributed by atoms with Crippen molar-refractivity contribution in [3.05, 3.63) is 53.0 Å². The zero-order chi connectivity index (χ0) is 17.0. The molecule has 0 fully saturated rings. The lowest BCUT2D eigenvalue weighted by Crippen LogP contribution is -2.13. The summed E-state index contributed by atoms with van der Waals surface area (Å²) in [7, 11) is 0. The van der Waals surface area contributed by atoms with Gasteiger partial charge >= 0.3 is 5.97 Å². The van der Waals surface area contributed by atoms with Crippen molar-refractivity contribution < 1.29 is 19.1 Å². The lowest BCUT2D eigenvalue weighted by molar-refractivity contribution is -0.141. The van der Waals surface area contributed by atoms with Crippen molar-refractivity contribution in [1.82, 2.24) is 0 Å². The minimum Gasteiger partial charge on any atom is -0.481 e. The molecule has 2 rings (SSSR count). The number of carbonyl (C=O) groups is 2. The Bertz CT molecular complexity index is 700. The maximum absolute atomic E-state index is 12.2. The fourth-order valence-corrected chi connectivity index (χ4v) is 2.34. The molecule has 5 nitrogen and oxygen atoms in total.